The first-order chi connectivity index (χ1) is 13.9. The van der Waals surface area contributed by atoms with E-state index < -0.39 is 4.92 Å². The topological polar surface area (TPSA) is 75.5 Å². The maximum Gasteiger partial charge on any atom is 0.269 e. The summed E-state index contributed by atoms with van der Waals surface area (Å²) < 4.78 is 0. The van der Waals surface area contributed by atoms with Gasteiger partial charge in [-0.3, -0.25) is 19.8 Å². The minimum Gasteiger partial charge on any atom is -0.353 e. The van der Waals surface area contributed by atoms with E-state index in [1.165, 1.54) is 23.9 Å². The van der Waals surface area contributed by atoms with E-state index in [0.29, 0.717) is 11.6 Å². The summed E-state index contributed by atoms with van der Waals surface area (Å²) in [5.41, 5.74) is 1.15. The van der Waals surface area contributed by atoms with Gasteiger partial charge in [0.15, 0.2) is 0 Å². The van der Waals surface area contributed by atoms with E-state index in [-0.39, 0.29) is 22.9 Å². The third-order valence-electron chi connectivity index (χ3n) is 5.01. The Morgan fingerprint density at radius 2 is 1.93 bits per heavy atom. The van der Waals surface area contributed by atoms with Crippen molar-refractivity contribution in [2.24, 2.45) is 0 Å². The third-order valence-corrected chi connectivity index (χ3v) is 6.36. The van der Waals surface area contributed by atoms with Crippen LogP contribution in [0.5, 0.6) is 0 Å². The Morgan fingerprint density at radius 1 is 1.24 bits per heavy atom. The van der Waals surface area contributed by atoms with Crippen molar-refractivity contribution in [2.45, 2.75) is 36.0 Å². The summed E-state index contributed by atoms with van der Waals surface area (Å²) in [5.74, 6) is -0.0559. The predicted octanol–water partition coefficient (Wildman–Crippen LogP) is 4.68. The Morgan fingerprint density at radius 3 is 2.55 bits per heavy atom. The lowest BCUT2D eigenvalue weighted by Crippen LogP contribution is -2.39. The molecule has 6 nitrogen and oxygen atoms in total. The smallest absolute Gasteiger partial charge is 0.269 e. The van der Waals surface area contributed by atoms with Gasteiger partial charge in [0.25, 0.3) is 5.69 Å². The maximum atomic E-state index is 12.7. The number of thioether (sulfide) groups is 1. The molecule has 0 saturated carbocycles. The van der Waals surface area contributed by atoms with Gasteiger partial charge >= 0.3 is 0 Å². The van der Waals surface area contributed by atoms with Gasteiger partial charge in [-0.15, -0.1) is 11.8 Å². The molecule has 2 atom stereocenters. The molecule has 0 spiro atoms. The number of hydrogen-bond acceptors (Lipinski definition) is 5. The first kappa shape index (κ1) is 21.6. The summed E-state index contributed by atoms with van der Waals surface area (Å²) in [6.45, 7) is 4.39. The maximum absolute atomic E-state index is 12.7. The van der Waals surface area contributed by atoms with E-state index in [4.69, 9.17) is 11.6 Å². The molecule has 0 radical (unpaired) electrons. The molecule has 2 aromatic carbocycles. The molecular weight excluding hydrogens is 410 g/mol. The quantitative estimate of drug-likeness (QED) is 0.371. The Labute approximate surface area is 179 Å². The average molecular weight is 434 g/mol. The van der Waals surface area contributed by atoms with Gasteiger partial charge in [0, 0.05) is 28.6 Å². The standard InChI is InChI=1S/C21H24ClN3O3S/c1-15(29-19-9-7-18(8-10-19)25(27)28)21(26)23-14-20(24-11-2-3-12-24)16-5-4-6-17(22)13-16/h4-10,13,15,20H,2-3,11-12,14H2,1H3,(H,23,26). The van der Waals surface area contributed by atoms with Gasteiger partial charge in [0.2, 0.25) is 5.91 Å². The van der Waals surface area contributed by atoms with E-state index in [2.05, 4.69) is 16.3 Å². The molecule has 0 aromatic heterocycles. The number of rotatable bonds is 8. The molecule has 1 amide bonds. The van der Waals surface area contributed by atoms with Crippen LogP contribution < -0.4 is 5.32 Å². The first-order valence-electron chi connectivity index (χ1n) is 9.62. The van der Waals surface area contributed by atoms with Crippen molar-refractivity contribution in [2.75, 3.05) is 19.6 Å². The van der Waals surface area contributed by atoms with Crippen LogP contribution in [0.2, 0.25) is 5.02 Å². The Bertz CT molecular complexity index is 857. The van der Waals surface area contributed by atoms with Crippen LogP contribution in [0.1, 0.15) is 31.4 Å². The van der Waals surface area contributed by atoms with Gasteiger partial charge in [-0.1, -0.05) is 23.7 Å². The van der Waals surface area contributed by atoms with Gasteiger partial charge in [0.05, 0.1) is 16.2 Å². The van der Waals surface area contributed by atoms with Crippen LogP contribution >= 0.6 is 23.4 Å². The number of nitrogens with zero attached hydrogens (tertiary/aromatic N) is 2. The first-order valence-corrected chi connectivity index (χ1v) is 10.9. The number of non-ortho nitro benzene ring substituents is 1. The number of carbonyl (C=O) groups excluding carboxylic acids is 1. The van der Waals surface area contributed by atoms with Crippen LogP contribution in [0.25, 0.3) is 0 Å². The molecule has 1 N–H and O–H groups in total. The SMILES string of the molecule is CC(Sc1ccc([N+](=O)[O-])cc1)C(=O)NCC(c1cccc(Cl)c1)N1CCCC1. The molecule has 1 heterocycles. The number of carbonyl (C=O) groups is 1. The minimum absolute atomic E-state index is 0.0430. The van der Waals surface area contributed by atoms with Crippen molar-refractivity contribution in [1.29, 1.82) is 0 Å². The molecule has 0 bridgehead atoms. The highest BCUT2D eigenvalue weighted by molar-refractivity contribution is 8.00. The average Bonchev–Trinajstić information content (AvgIpc) is 3.23. The Kier molecular flexibility index (Phi) is 7.52. The highest BCUT2D eigenvalue weighted by atomic mass is 35.5. The lowest BCUT2D eigenvalue weighted by atomic mass is 10.1. The van der Waals surface area contributed by atoms with Gasteiger partial charge in [-0.05, 0) is 62.7 Å². The van der Waals surface area contributed by atoms with Crippen LogP contribution in [0.3, 0.4) is 0 Å². The number of halogens is 1. The van der Waals surface area contributed by atoms with E-state index >= 15 is 0 Å². The fourth-order valence-electron chi connectivity index (χ4n) is 3.47. The molecular formula is C21H24ClN3O3S. The molecule has 3 rings (SSSR count). The largest absolute Gasteiger partial charge is 0.353 e. The summed E-state index contributed by atoms with van der Waals surface area (Å²) in [6, 6.07) is 14.2. The minimum atomic E-state index is -0.432. The zero-order chi connectivity index (χ0) is 20.8. The predicted molar refractivity (Wildman–Crippen MR) is 116 cm³/mol. The summed E-state index contributed by atoms with van der Waals surface area (Å²) >= 11 is 7.56. The van der Waals surface area contributed by atoms with Crippen molar-refractivity contribution in [3.63, 3.8) is 0 Å². The van der Waals surface area contributed by atoms with Gasteiger partial charge in [-0.25, -0.2) is 0 Å². The van der Waals surface area contributed by atoms with Crippen LogP contribution in [-0.2, 0) is 4.79 Å². The third kappa shape index (κ3) is 5.95. The highest BCUT2D eigenvalue weighted by Crippen LogP contribution is 2.28. The second-order valence-electron chi connectivity index (χ2n) is 7.07. The molecule has 154 valence electrons. The molecule has 29 heavy (non-hydrogen) atoms. The summed E-state index contributed by atoms with van der Waals surface area (Å²) in [6.07, 6.45) is 2.33. The van der Waals surface area contributed by atoms with Crippen LogP contribution in [0.4, 0.5) is 5.69 Å². The van der Waals surface area contributed by atoms with Crippen molar-refractivity contribution in [3.8, 4) is 0 Å². The number of benzene rings is 2. The molecule has 2 unspecified atom stereocenters. The van der Waals surface area contributed by atoms with E-state index in [0.717, 1.165) is 36.4 Å². The van der Waals surface area contributed by atoms with Gasteiger partial charge in [-0.2, -0.15) is 0 Å². The fraction of sp³-hybridized carbons (Fsp3) is 0.381. The van der Waals surface area contributed by atoms with Crippen molar-refractivity contribution in [1.82, 2.24) is 10.2 Å². The lowest BCUT2D eigenvalue weighted by Gasteiger charge is -2.28. The second kappa shape index (κ2) is 10.1. The monoisotopic (exact) mass is 433 g/mol. The Hall–Kier alpha value is -2.09. The molecule has 8 heteroatoms. The second-order valence-corrected chi connectivity index (χ2v) is 8.92. The molecule has 1 saturated heterocycles. The zero-order valence-corrected chi connectivity index (χ0v) is 17.8. The fourth-order valence-corrected chi connectivity index (χ4v) is 4.56. The highest BCUT2D eigenvalue weighted by Gasteiger charge is 2.25. The van der Waals surface area contributed by atoms with Crippen molar-refractivity contribution >= 4 is 35.0 Å². The van der Waals surface area contributed by atoms with E-state index in [1.807, 2.05) is 25.1 Å². The molecule has 1 aliphatic heterocycles. The molecule has 1 aliphatic rings. The normalized spacial score (nSPS) is 16.3. The summed E-state index contributed by atoms with van der Waals surface area (Å²) in [7, 11) is 0. The molecule has 1 fully saturated rings. The number of nitro groups is 1. The summed E-state index contributed by atoms with van der Waals surface area (Å²) in [4.78, 5) is 26.2. The molecule has 0 aliphatic carbocycles. The van der Waals surface area contributed by atoms with Gasteiger partial charge in [0.1, 0.15) is 0 Å². The molecule has 2 aromatic rings. The van der Waals surface area contributed by atoms with Crippen molar-refractivity contribution in [3.05, 3.63) is 69.2 Å². The number of nitrogens with one attached hydrogen (secondary N) is 1. The number of nitro benzene ring substituents is 1. The van der Waals surface area contributed by atoms with Gasteiger partial charge < -0.3 is 5.32 Å². The van der Waals surface area contributed by atoms with Crippen LogP contribution in [-0.4, -0.2) is 40.6 Å². The number of amides is 1. The van der Waals surface area contributed by atoms with Crippen molar-refractivity contribution < 1.29 is 9.72 Å². The van der Waals surface area contributed by atoms with E-state index in [9.17, 15) is 14.9 Å². The lowest BCUT2D eigenvalue weighted by molar-refractivity contribution is -0.384. The van der Waals surface area contributed by atoms with Crippen LogP contribution in [0, 0.1) is 10.1 Å². The Balaban J connectivity index is 1.60. The number of likely N-dealkylation sites (tertiary alicyclic amines) is 1. The summed E-state index contributed by atoms with van der Waals surface area (Å²) in [5, 5.41) is 14.2. The van der Waals surface area contributed by atoms with E-state index in [1.54, 1.807) is 12.1 Å². The number of hydrogen-bond donors (Lipinski definition) is 1. The zero-order valence-electron chi connectivity index (χ0n) is 16.2. The van der Waals surface area contributed by atoms with Crippen LogP contribution in [0.15, 0.2) is 53.4 Å².